The Hall–Kier alpha value is -1.47. The van der Waals surface area contributed by atoms with Crippen LogP contribution >= 0.6 is 0 Å². The third-order valence-corrected chi connectivity index (χ3v) is 7.01. The molecule has 3 heterocycles. The van der Waals surface area contributed by atoms with Crippen molar-refractivity contribution in [2.24, 2.45) is 11.8 Å². The zero-order valence-electron chi connectivity index (χ0n) is 18.2. The molecule has 1 aromatic heterocycles. The van der Waals surface area contributed by atoms with Gasteiger partial charge in [0.25, 0.3) is 0 Å². The highest BCUT2D eigenvalue weighted by Gasteiger charge is 2.29. The van der Waals surface area contributed by atoms with Gasteiger partial charge in [0.05, 0.1) is 12.5 Å². The Morgan fingerprint density at radius 2 is 1.90 bits per heavy atom. The van der Waals surface area contributed by atoms with Crippen molar-refractivity contribution in [2.75, 3.05) is 39.5 Å². The minimum absolute atomic E-state index is 0.165. The first-order valence-electron chi connectivity index (χ1n) is 12.0. The number of piperidine rings is 1. The summed E-state index contributed by atoms with van der Waals surface area (Å²) in [7, 11) is 0. The smallest absolute Gasteiger partial charge is 0.231 e. The van der Waals surface area contributed by atoms with E-state index in [-0.39, 0.29) is 5.92 Å². The number of hydrogen-bond donors (Lipinski definition) is 0. The zero-order chi connectivity index (χ0) is 20.6. The molecular formula is C23H37N3O4. The molecule has 0 N–H and O–H groups in total. The molecule has 0 spiro atoms. The third kappa shape index (κ3) is 6.27. The van der Waals surface area contributed by atoms with Gasteiger partial charge in [-0.1, -0.05) is 30.8 Å². The van der Waals surface area contributed by atoms with E-state index in [4.69, 9.17) is 14.0 Å². The van der Waals surface area contributed by atoms with Crippen molar-refractivity contribution >= 4 is 5.91 Å². The van der Waals surface area contributed by atoms with E-state index in [2.05, 4.69) is 10.1 Å². The zero-order valence-corrected chi connectivity index (χ0v) is 18.2. The molecular weight excluding hydrogens is 382 g/mol. The quantitative estimate of drug-likeness (QED) is 0.568. The average molecular weight is 420 g/mol. The van der Waals surface area contributed by atoms with Crippen LogP contribution in [-0.2, 0) is 20.7 Å². The standard InChI is InChI=1S/C23H37N3O4/c27-22(8-7-18-4-1-2-5-18)26-12-3-6-20(16-26)23-24-21(25-30-23)11-15-29-17-19-9-13-28-14-10-19/h18-20H,1-17H2/t20-/m0/s1. The number of carbonyl (C=O) groups is 1. The Balaban J connectivity index is 1.18. The minimum atomic E-state index is 0.165. The second kappa shape index (κ2) is 11.2. The van der Waals surface area contributed by atoms with Crippen LogP contribution in [0.3, 0.4) is 0 Å². The predicted octanol–water partition coefficient (Wildman–Crippen LogP) is 3.73. The first-order chi connectivity index (χ1) is 14.8. The fourth-order valence-corrected chi connectivity index (χ4v) is 5.05. The van der Waals surface area contributed by atoms with Gasteiger partial charge in [-0.15, -0.1) is 0 Å². The summed E-state index contributed by atoms with van der Waals surface area (Å²) >= 11 is 0. The fourth-order valence-electron chi connectivity index (χ4n) is 5.05. The van der Waals surface area contributed by atoms with E-state index in [0.717, 1.165) is 64.4 Å². The van der Waals surface area contributed by atoms with Crippen LogP contribution in [0.1, 0.15) is 81.8 Å². The lowest BCUT2D eigenvalue weighted by atomic mass is 9.96. The highest BCUT2D eigenvalue weighted by atomic mass is 16.5. The van der Waals surface area contributed by atoms with E-state index in [1.807, 2.05) is 4.90 Å². The van der Waals surface area contributed by atoms with Gasteiger partial charge >= 0.3 is 0 Å². The number of rotatable bonds is 9. The van der Waals surface area contributed by atoms with Gasteiger partial charge in [-0.05, 0) is 43.9 Å². The molecule has 0 unspecified atom stereocenters. The van der Waals surface area contributed by atoms with Gasteiger partial charge in [0.1, 0.15) is 0 Å². The van der Waals surface area contributed by atoms with Gasteiger partial charge in [0.2, 0.25) is 11.8 Å². The van der Waals surface area contributed by atoms with Crippen LogP contribution in [0, 0.1) is 11.8 Å². The topological polar surface area (TPSA) is 77.7 Å². The minimum Gasteiger partial charge on any atom is -0.381 e. The molecule has 2 saturated heterocycles. The number of ether oxygens (including phenoxy) is 2. The van der Waals surface area contributed by atoms with Crippen LogP contribution in [0.25, 0.3) is 0 Å². The van der Waals surface area contributed by atoms with E-state index in [1.165, 1.54) is 25.7 Å². The molecule has 1 aliphatic carbocycles. The summed E-state index contributed by atoms with van der Waals surface area (Å²) in [5, 5.41) is 4.14. The van der Waals surface area contributed by atoms with Crippen molar-refractivity contribution in [3.8, 4) is 0 Å². The second-order valence-electron chi connectivity index (χ2n) is 9.30. The van der Waals surface area contributed by atoms with Crippen LogP contribution in [-0.4, -0.2) is 60.5 Å². The lowest BCUT2D eigenvalue weighted by molar-refractivity contribution is -0.132. The van der Waals surface area contributed by atoms with Gasteiger partial charge in [0, 0.05) is 45.8 Å². The molecule has 2 aliphatic heterocycles. The van der Waals surface area contributed by atoms with Crippen LogP contribution < -0.4 is 0 Å². The summed E-state index contributed by atoms with van der Waals surface area (Å²) in [5.41, 5.74) is 0. The number of hydrogen-bond acceptors (Lipinski definition) is 6. The third-order valence-electron chi connectivity index (χ3n) is 7.01. The molecule has 0 radical (unpaired) electrons. The molecule has 4 rings (SSSR count). The van der Waals surface area contributed by atoms with Gasteiger partial charge in [-0.3, -0.25) is 4.79 Å². The largest absolute Gasteiger partial charge is 0.381 e. The summed E-state index contributed by atoms with van der Waals surface area (Å²) < 4.78 is 16.8. The molecule has 0 bridgehead atoms. The maximum Gasteiger partial charge on any atom is 0.231 e. The lowest BCUT2D eigenvalue weighted by Gasteiger charge is -2.31. The highest BCUT2D eigenvalue weighted by molar-refractivity contribution is 5.76. The van der Waals surface area contributed by atoms with Crippen LogP contribution in [0.15, 0.2) is 4.52 Å². The number of aromatic nitrogens is 2. The molecule has 1 amide bonds. The molecule has 7 nitrogen and oxygen atoms in total. The maximum atomic E-state index is 12.7. The Morgan fingerprint density at radius 3 is 2.73 bits per heavy atom. The van der Waals surface area contributed by atoms with E-state index < -0.39 is 0 Å². The second-order valence-corrected chi connectivity index (χ2v) is 9.30. The van der Waals surface area contributed by atoms with Crippen molar-refractivity contribution in [2.45, 2.75) is 76.5 Å². The monoisotopic (exact) mass is 419 g/mol. The molecule has 1 aromatic rings. The van der Waals surface area contributed by atoms with E-state index >= 15 is 0 Å². The summed E-state index contributed by atoms with van der Waals surface area (Å²) in [4.78, 5) is 19.3. The average Bonchev–Trinajstić information content (AvgIpc) is 3.48. The fraction of sp³-hybridized carbons (Fsp3) is 0.870. The summed E-state index contributed by atoms with van der Waals surface area (Å²) in [6.07, 6.45) is 11.9. The Morgan fingerprint density at radius 1 is 1.07 bits per heavy atom. The van der Waals surface area contributed by atoms with Gasteiger partial charge < -0.3 is 18.9 Å². The van der Waals surface area contributed by atoms with Gasteiger partial charge in [-0.2, -0.15) is 4.98 Å². The van der Waals surface area contributed by atoms with Crippen molar-refractivity contribution in [1.29, 1.82) is 0 Å². The first kappa shape index (κ1) is 21.8. The van der Waals surface area contributed by atoms with E-state index in [9.17, 15) is 4.79 Å². The van der Waals surface area contributed by atoms with Crippen molar-refractivity contribution < 1.29 is 18.8 Å². The predicted molar refractivity (Wildman–Crippen MR) is 112 cm³/mol. The molecule has 0 aromatic carbocycles. The molecule has 7 heteroatoms. The van der Waals surface area contributed by atoms with Crippen molar-refractivity contribution in [3.63, 3.8) is 0 Å². The molecule has 168 valence electrons. The van der Waals surface area contributed by atoms with Gasteiger partial charge in [0.15, 0.2) is 5.82 Å². The Bertz CT molecular complexity index is 653. The normalized spacial score (nSPS) is 23.9. The molecule has 30 heavy (non-hydrogen) atoms. The maximum absolute atomic E-state index is 12.7. The highest BCUT2D eigenvalue weighted by Crippen LogP contribution is 2.30. The number of amides is 1. The summed E-state index contributed by atoms with van der Waals surface area (Å²) in [6.45, 7) is 4.68. The van der Waals surface area contributed by atoms with Gasteiger partial charge in [-0.25, -0.2) is 0 Å². The number of carbonyl (C=O) groups excluding carboxylic acids is 1. The molecule has 3 aliphatic rings. The number of nitrogens with zero attached hydrogens (tertiary/aromatic N) is 3. The molecule has 1 saturated carbocycles. The number of likely N-dealkylation sites (tertiary alicyclic amines) is 1. The van der Waals surface area contributed by atoms with Crippen LogP contribution in [0.4, 0.5) is 0 Å². The van der Waals surface area contributed by atoms with Crippen molar-refractivity contribution in [3.05, 3.63) is 11.7 Å². The Labute approximate surface area is 179 Å². The Kier molecular flexibility index (Phi) is 8.15. The molecule has 1 atom stereocenters. The molecule has 3 fully saturated rings. The van der Waals surface area contributed by atoms with Crippen LogP contribution in [0.5, 0.6) is 0 Å². The van der Waals surface area contributed by atoms with Crippen LogP contribution in [0.2, 0.25) is 0 Å². The van der Waals surface area contributed by atoms with E-state index in [0.29, 0.717) is 49.5 Å². The first-order valence-corrected chi connectivity index (χ1v) is 12.0. The van der Waals surface area contributed by atoms with E-state index in [1.54, 1.807) is 0 Å². The SMILES string of the molecule is O=C(CCC1CCCC1)N1CCC[C@H](c2nc(CCOCC3CCOCC3)no2)C1. The summed E-state index contributed by atoms with van der Waals surface area (Å²) in [6, 6.07) is 0. The lowest BCUT2D eigenvalue weighted by Crippen LogP contribution is -2.39. The van der Waals surface area contributed by atoms with Crippen molar-refractivity contribution in [1.82, 2.24) is 15.0 Å². The summed E-state index contributed by atoms with van der Waals surface area (Å²) in [5.74, 6) is 3.23.